The molecule has 3 heteroatoms. The summed E-state index contributed by atoms with van der Waals surface area (Å²) < 4.78 is 5.69. The van der Waals surface area contributed by atoms with Crippen molar-refractivity contribution in [1.82, 2.24) is 0 Å². The molecular formula is C14H24N2O. The van der Waals surface area contributed by atoms with Crippen LogP contribution in [0.25, 0.3) is 0 Å². The molecule has 0 aliphatic rings. The molecule has 0 heterocycles. The van der Waals surface area contributed by atoms with Crippen LogP contribution in [0.15, 0.2) is 18.2 Å². The molecule has 2 N–H and O–H groups in total. The van der Waals surface area contributed by atoms with E-state index in [1.54, 1.807) is 0 Å². The van der Waals surface area contributed by atoms with Crippen LogP contribution >= 0.6 is 0 Å². The first-order valence-corrected chi connectivity index (χ1v) is 6.32. The molecular weight excluding hydrogens is 212 g/mol. The lowest BCUT2D eigenvalue weighted by Gasteiger charge is -2.21. The van der Waals surface area contributed by atoms with Crippen molar-refractivity contribution in [2.45, 2.75) is 39.7 Å². The fourth-order valence-corrected chi connectivity index (χ4v) is 1.64. The molecule has 17 heavy (non-hydrogen) atoms. The number of nitrogens with two attached hydrogens (primary N) is 1. The molecule has 0 aromatic heterocycles. The number of hydrogen-bond acceptors (Lipinski definition) is 3. The number of nitrogen functional groups attached to an aromatic ring is 1. The van der Waals surface area contributed by atoms with E-state index >= 15 is 0 Å². The lowest BCUT2D eigenvalue weighted by Crippen LogP contribution is -2.18. The van der Waals surface area contributed by atoms with Crippen LogP contribution in [0.5, 0.6) is 5.75 Å². The minimum atomic E-state index is 0.147. The largest absolute Gasteiger partial charge is 0.489 e. The van der Waals surface area contributed by atoms with Crippen LogP contribution in [0.1, 0.15) is 33.6 Å². The molecule has 0 bridgehead atoms. The van der Waals surface area contributed by atoms with E-state index in [0.29, 0.717) is 5.69 Å². The Morgan fingerprint density at radius 1 is 1.35 bits per heavy atom. The smallest absolute Gasteiger partial charge is 0.144 e. The van der Waals surface area contributed by atoms with Gasteiger partial charge in [-0.25, -0.2) is 0 Å². The molecule has 0 amide bonds. The number of nitrogens with zero attached hydrogens (tertiary/aromatic N) is 1. The minimum absolute atomic E-state index is 0.147. The summed E-state index contributed by atoms with van der Waals surface area (Å²) in [4.78, 5) is 2.23. The normalized spacial score (nSPS) is 10.6. The van der Waals surface area contributed by atoms with Crippen molar-refractivity contribution in [1.29, 1.82) is 0 Å². The maximum absolute atomic E-state index is 5.89. The second-order valence-electron chi connectivity index (χ2n) is 4.66. The summed E-state index contributed by atoms with van der Waals surface area (Å²) in [7, 11) is 2.10. The quantitative estimate of drug-likeness (QED) is 0.770. The number of benzene rings is 1. The van der Waals surface area contributed by atoms with Gasteiger partial charge in [0.25, 0.3) is 0 Å². The number of anilines is 2. The van der Waals surface area contributed by atoms with E-state index in [1.165, 1.54) is 12.8 Å². The van der Waals surface area contributed by atoms with Gasteiger partial charge in [-0.2, -0.15) is 0 Å². The van der Waals surface area contributed by atoms with Gasteiger partial charge < -0.3 is 15.4 Å². The van der Waals surface area contributed by atoms with Crippen LogP contribution in [-0.4, -0.2) is 19.7 Å². The predicted molar refractivity (Wildman–Crippen MR) is 74.8 cm³/mol. The molecule has 0 aliphatic heterocycles. The fraction of sp³-hybridized carbons (Fsp3) is 0.571. The SMILES string of the molecule is CCCCN(C)c1ccc(N)c(OC(C)C)c1. The minimum Gasteiger partial charge on any atom is -0.489 e. The number of unbranched alkanes of at least 4 members (excludes halogenated alkanes) is 1. The van der Waals surface area contributed by atoms with Crippen LogP contribution in [-0.2, 0) is 0 Å². The average Bonchev–Trinajstić information content (AvgIpc) is 2.28. The molecule has 3 nitrogen and oxygen atoms in total. The Bertz CT molecular complexity index is 350. The molecule has 0 atom stereocenters. The Hall–Kier alpha value is -1.38. The maximum atomic E-state index is 5.89. The Kier molecular flexibility index (Phi) is 5.13. The van der Waals surface area contributed by atoms with E-state index in [-0.39, 0.29) is 6.10 Å². The number of ether oxygens (including phenoxy) is 1. The van der Waals surface area contributed by atoms with Gasteiger partial charge in [0, 0.05) is 25.3 Å². The van der Waals surface area contributed by atoms with Crippen molar-refractivity contribution in [3.8, 4) is 5.75 Å². The van der Waals surface area contributed by atoms with Crippen molar-refractivity contribution in [2.24, 2.45) is 0 Å². The molecule has 0 aliphatic carbocycles. The first-order chi connectivity index (χ1) is 8.04. The molecule has 96 valence electrons. The summed E-state index contributed by atoms with van der Waals surface area (Å²) in [6.45, 7) is 7.27. The molecule has 0 saturated carbocycles. The molecule has 0 unspecified atom stereocenters. The molecule has 0 spiro atoms. The van der Waals surface area contributed by atoms with Gasteiger partial charge in [0.2, 0.25) is 0 Å². The first-order valence-electron chi connectivity index (χ1n) is 6.32. The van der Waals surface area contributed by atoms with Gasteiger partial charge in [0.05, 0.1) is 11.8 Å². The van der Waals surface area contributed by atoms with E-state index in [2.05, 4.69) is 18.9 Å². The van der Waals surface area contributed by atoms with Crippen LogP contribution < -0.4 is 15.4 Å². The highest BCUT2D eigenvalue weighted by molar-refractivity contribution is 5.62. The zero-order valence-corrected chi connectivity index (χ0v) is 11.4. The second-order valence-corrected chi connectivity index (χ2v) is 4.66. The third-order valence-corrected chi connectivity index (χ3v) is 2.65. The van der Waals surface area contributed by atoms with Crippen molar-refractivity contribution in [3.63, 3.8) is 0 Å². The zero-order valence-electron chi connectivity index (χ0n) is 11.4. The Morgan fingerprint density at radius 2 is 2.06 bits per heavy atom. The molecule has 1 aromatic rings. The van der Waals surface area contributed by atoms with Gasteiger partial charge in [-0.15, -0.1) is 0 Å². The van der Waals surface area contributed by atoms with Crippen LogP contribution in [0.3, 0.4) is 0 Å². The van der Waals surface area contributed by atoms with Gasteiger partial charge >= 0.3 is 0 Å². The summed E-state index contributed by atoms with van der Waals surface area (Å²) >= 11 is 0. The third kappa shape index (κ3) is 4.17. The van der Waals surface area contributed by atoms with E-state index < -0.39 is 0 Å². The summed E-state index contributed by atoms with van der Waals surface area (Å²) in [6, 6.07) is 5.97. The monoisotopic (exact) mass is 236 g/mol. The van der Waals surface area contributed by atoms with E-state index in [1.807, 2.05) is 32.0 Å². The van der Waals surface area contributed by atoms with E-state index in [9.17, 15) is 0 Å². The standard InChI is InChI=1S/C14H24N2O/c1-5-6-9-16(4)12-7-8-13(15)14(10-12)17-11(2)3/h7-8,10-11H,5-6,9,15H2,1-4H3. The Balaban J connectivity index is 2.80. The second kappa shape index (κ2) is 6.38. The maximum Gasteiger partial charge on any atom is 0.144 e. The van der Waals surface area contributed by atoms with Gasteiger partial charge in [0.15, 0.2) is 0 Å². The molecule has 0 saturated heterocycles. The highest BCUT2D eigenvalue weighted by Crippen LogP contribution is 2.28. The van der Waals surface area contributed by atoms with Crippen LogP contribution in [0, 0.1) is 0 Å². The van der Waals surface area contributed by atoms with Gasteiger partial charge in [-0.1, -0.05) is 13.3 Å². The zero-order chi connectivity index (χ0) is 12.8. The summed E-state index contributed by atoms with van der Waals surface area (Å²) in [6.07, 6.45) is 2.55. The summed E-state index contributed by atoms with van der Waals surface area (Å²) in [5.41, 5.74) is 7.75. The Morgan fingerprint density at radius 3 is 2.65 bits per heavy atom. The molecule has 1 aromatic carbocycles. The van der Waals surface area contributed by atoms with Crippen LogP contribution in [0.2, 0.25) is 0 Å². The molecule has 0 radical (unpaired) electrons. The molecule has 0 fully saturated rings. The van der Waals surface area contributed by atoms with Crippen molar-refractivity contribution < 1.29 is 4.74 Å². The third-order valence-electron chi connectivity index (χ3n) is 2.65. The highest BCUT2D eigenvalue weighted by Gasteiger charge is 2.07. The summed E-state index contributed by atoms with van der Waals surface area (Å²) in [5.74, 6) is 0.779. The topological polar surface area (TPSA) is 38.5 Å². The van der Waals surface area contributed by atoms with Crippen molar-refractivity contribution in [3.05, 3.63) is 18.2 Å². The average molecular weight is 236 g/mol. The first kappa shape index (κ1) is 13.7. The van der Waals surface area contributed by atoms with Gasteiger partial charge in [-0.05, 0) is 32.4 Å². The fourth-order valence-electron chi connectivity index (χ4n) is 1.64. The van der Waals surface area contributed by atoms with Crippen molar-refractivity contribution >= 4 is 11.4 Å². The predicted octanol–water partition coefficient (Wildman–Crippen LogP) is 3.29. The van der Waals surface area contributed by atoms with Gasteiger partial charge in [-0.3, -0.25) is 0 Å². The lowest BCUT2D eigenvalue weighted by atomic mass is 10.2. The summed E-state index contributed by atoms with van der Waals surface area (Å²) in [5, 5.41) is 0. The number of rotatable bonds is 6. The highest BCUT2D eigenvalue weighted by atomic mass is 16.5. The Labute approximate surface area is 105 Å². The van der Waals surface area contributed by atoms with Crippen LogP contribution in [0.4, 0.5) is 11.4 Å². The lowest BCUT2D eigenvalue weighted by molar-refractivity contribution is 0.244. The van der Waals surface area contributed by atoms with E-state index in [4.69, 9.17) is 10.5 Å². The van der Waals surface area contributed by atoms with Gasteiger partial charge in [0.1, 0.15) is 5.75 Å². The number of hydrogen-bond donors (Lipinski definition) is 1. The van der Waals surface area contributed by atoms with E-state index in [0.717, 1.165) is 18.0 Å². The molecule has 1 rings (SSSR count). The van der Waals surface area contributed by atoms with Crippen molar-refractivity contribution in [2.75, 3.05) is 24.2 Å².